The molecule has 0 radical (unpaired) electrons. The van der Waals surface area contributed by atoms with E-state index in [-0.39, 0.29) is 24.4 Å². The van der Waals surface area contributed by atoms with Crippen molar-refractivity contribution in [1.82, 2.24) is 4.98 Å². The largest absolute Gasteiger partial charge is 0.444 e. The number of rotatable bonds is 4. The van der Waals surface area contributed by atoms with E-state index in [9.17, 15) is 4.79 Å². The summed E-state index contributed by atoms with van der Waals surface area (Å²) < 4.78 is 11.1. The first-order chi connectivity index (χ1) is 11.1. The van der Waals surface area contributed by atoms with E-state index in [1.165, 1.54) is 0 Å². The average Bonchev–Trinajstić information content (AvgIpc) is 3.18. The lowest BCUT2D eigenvalue weighted by atomic mass is 10.1. The zero-order valence-corrected chi connectivity index (χ0v) is 14.6. The molecule has 2 atom stereocenters. The number of anilines is 1. The maximum absolute atomic E-state index is 12.3. The quantitative estimate of drug-likeness (QED) is 0.883. The Morgan fingerprint density at radius 3 is 2.79 bits per heavy atom. The van der Waals surface area contributed by atoms with Gasteiger partial charge in [-0.05, 0) is 44.4 Å². The molecule has 1 aliphatic rings. The third kappa shape index (κ3) is 3.95. The summed E-state index contributed by atoms with van der Waals surface area (Å²) in [6.07, 6.45) is 2.68. The number of benzene rings is 1. The van der Waals surface area contributed by atoms with Crippen LogP contribution in [0.15, 0.2) is 28.9 Å². The fourth-order valence-electron chi connectivity index (χ4n) is 2.70. The van der Waals surface area contributed by atoms with Crippen molar-refractivity contribution in [1.29, 1.82) is 0 Å². The van der Waals surface area contributed by atoms with Crippen molar-refractivity contribution < 1.29 is 13.9 Å². The summed E-state index contributed by atoms with van der Waals surface area (Å²) >= 11 is 0. The molecule has 1 aromatic heterocycles. The number of aryl methyl sites for hydroxylation is 2. The van der Waals surface area contributed by atoms with E-state index in [0.717, 1.165) is 23.2 Å². The minimum Gasteiger partial charge on any atom is -0.444 e. The molecule has 0 aliphatic carbocycles. The molecule has 1 saturated heterocycles. The minimum absolute atomic E-state index is 0. The van der Waals surface area contributed by atoms with Gasteiger partial charge < -0.3 is 20.2 Å². The summed E-state index contributed by atoms with van der Waals surface area (Å²) in [4.78, 5) is 16.6. The van der Waals surface area contributed by atoms with Crippen LogP contribution in [-0.2, 0) is 9.53 Å². The Morgan fingerprint density at radius 1 is 1.38 bits per heavy atom. The van der Waals surface area contributed by atoms with Crippen LogP contribution in [0.4, 0.5) is 5.69 Å². The van der Waals surface area contributed by atoms with Crippen molar-refractivity contribution in [3.63, 3.8) is 0 Å². The van der Waals surface area contributed by atoms with Crippen molar-refractivity contribution in [3.8, 4) is 11.5 Å². The number of hydrogen-bond donors (Lipinski definition) is 2. The maximum atomic E-state index is 12.3. The molecular formula is C17H22ClN3O3. The third-order valence-corrected chi connectivity index (χ3v) is 4.02. The van der Waals surface area contributed by atoms with Crippen molar-refractivity contribution in [2.75, 3.05) is 11.9 Å². The highest BCUT2D eigenvalue weighted by Crippen LogP contribution is 2.27. The van der Waals surface area contributed by atoms with E-state index in [4.69, 9.17) is 14.9 Å². The van der Waals surface area contributed by atoms with Crippen LogP contribution in [-0.4, -0.2) is 29.6 Å². The van der Waals surface area contributed by atoms with Gasteiger partial charge in [0.15, 0.2) is 0 Å². The van der Waals surface area contributed by atoms with Crippen molar-refractivity contribution in [3.05, 3.63) is 35.7 Å². The van der Waals surface area contributed by atoms with Crippen molar-refractivity contribution in [2.24, 2.45) is 5.73 Å². The van der Waals surface area contributed by atoms with Gasteiger partial charge in [-0.1, -0.05) is 6.07 Å². The van der Waals surface area contributed by atoms with Gasteiger partial charge in [-0.25, -0.2) is 4.98 Å². The molecule has 1 aromatic carbocycles. The van der Waals surface area contributed by atoms with E-state index in [0.29, 0.717) is 24.5 Å². The second kappa shape index (κ2) is 7.79. The van der Waals surface area contributed by atoms with Gasteiger partial charge in [-0.15, -0.1) is 12.4 Å². The molecule has 2 heterocycles. The molecule has 3 rings (SSSR count). The predicted octanol–water partition coefficient (Wildman–Crippen LogP) is 2.83. The van der Waals surface area contributed by atoms with Gasteiger partial charge in [0.05, 0.1) is 11.8 Å². The Labute approximate surface area is 147 Å². The number of aromatic nitrogens is 1. The molecule has 130 valence electrons. The highest BCUT2D eigenvalue weighted by molar-refractivity contribution is 5.95. The smallest absolute Gasteiger partial charge is 0.253 e. The van der Waals surface area contributed by atoms with Gasteiger partial charge in [-0.3, -0.25) is 4.79 Å². The molecular weight excluding hydrogens is 330 g/mol. The number of oxazole rings is 1. The summed E-state index contributed by atoms with van der Waals surface area (Å²) in [7, 11) is 0. The number of halogens is 1. The molecule has 0 bridgehead atoms. The lowest BCUT2D eigenvalue weighted by Gasteiger charge is -2.13. The van der Waals surface area contributed by atoms with E-state index >= 15 is 0 Å². The first-order valence-corrected chi connectivity index (χ1v) is 7.76. The summed E-state index contributed by atoms with van der Waals surface area (Å²) in [5.74, 6) is 0.413. The minimum atomic E-state index is -0.433. The SMILES string of the molecule is Cc1coc(-c2cc(NC(=O)[C@@H]3CC[C@H](CN)O3)ccc2C)n1.Cl. The van der Waals surface area contributed by atoms with Crippen LogP contribution in [0.1, 0.15) is 24.1 Å². The Bertz CT molecular complexity index is 717. The van der Waals surface area contributed by atoms with Gasteiger partial charge in [0.25, 0.3) is 5.91 Å². The van der Waals surface area contributed by atoms with E-state index < -0.39 is 6.10 Å². The number of hydrogen-bond acceptors (Lipinski definition) is 5. The second-order valence-corrected chi connectivity index (χ2v) is 5.87. The van der Waals surface area contributed by atoms with E-state index in [1.807, 2.05) is 32.0 Å². The molecule has 1 amide bonds. The molecule has 1 aliphatic heterocycles. The summed E-state index contributed by atoms with van der Waals surface area (Å²) in [6.45, 7) is 4.30. The molecule has 7 heteroatoms. The van der Waals surface area contributed by atoms with Crippen LogP contribution in [0.25, 0.3) is 11.5 Å². The van der Waals surface area contributed by atoms with Crippen LogP contribution < -0.4 is 11.1 Å². The number of nitrogens with zero attached hydrogens (tertiary/aromatic N) is 1. The van der Waals surface area contributed by atoms with Gasteiger partial charge in [-0.2, -0.15) is 0 Å². The number of ether oxygens (including phenoxy) is 1. The zero-order valence-electron chi connectivity index (χ0n) is 13.7. The Balaban J connectivity index is 0.00000208. The van der Waals surface area contributed by atoms with Gasteiger partial charge in [0.1, 0.15) is 12.4 Å². The Kier molecular flexibility index (Phi) is 5.99. The lowest BCUT2D eigenvalue weighted by molar-refractivity contribution is -0.126. The number of carbonyl (C=O) groups is 1. The van der Waals surface area contributed by atoms with Crippen LogP contribution >= 0.6 is 12.4 Å². The molecule has 6 nitrogen and oxygen atoms in total. The summed E-state index contributed by atoms with van der Waals surface area (Å²) in [6, 6.07) is 5.67. The molecule has 0 saturated carbocycles. The molecule has 0 unspecified atom stereocenters. The fourth-order valence-corrected chi connectivity index (χ4v) is 2.70. The number of nitrogens with one attached hydrogen (secondary N) is 1. The normalized spacial score (nSPS) is 19.8. The lowest BCUT2D eigenvalue weighted by Crippen LogP contribution is -2.29. The van der Waals surface area contributed by atoms with Crippen molar-refractivity contribution >= 4 is 24.0 Å². The van der Waals surface area contributed by atoms with Crippen molar-refractivity contribution in [2.45, 2.75) is 38.9 Å². The second-order valence-electron chi connectivity index (χ2n) is 5.87. The highest BCUT2D eigenvalue weighted by atomic mass is 35.5. The molecule has 2 aromatic rings. The van der Waals surface area contributed by atoms with Gasteiger partial charge in [0.2, 0.25) is 5.89 Å². The maximum Gasteiger partial charge on any atom is 0.253 e. The van der Waals surface area contributed by atoms with Crippen LogP contribution in [0.3, 0.4) is 0 Å². The topological polar surface area (TPSA) is 90.4 Å². The molecule has 24 heavy (non-hydrogen) atoms. The number of amides is 1. The number of carbonyl (C=O) groups excluding carboxylic acids is 1. The molecule has 0 spiro atoms. The van der Waals surface area contributed by atoms with Crippen LogP contribution in [0.2, 0.25) is 0 Å². The zero-order chi connectivity index (χ0) is 16.4. The van der Waals surface area contributed by atoms with Gasteiger partial charge >= 0.3 is 0 Å². The Morgan fingerprint density at radius 2 is 2.17 bits per heavy atom. The van der Waals surface area contributed by atoms with E-state index in [1.54, 1.807) is 6.26 Å². The average molecular weight is 352 g/mol. The first kappa shape index (κ1) is 18.4. The fraction of sp³-hybridized carbons (Fsp3) is 0.412. The summed E-state index contributed by atoms with van der Waals surface area (Å²) in [5, 5.41) is 2.90. The molecule has 3 N–H and O–H groups in total. The number of nitrogens with two attached hydrogens (primary N) is 1. The van der Waals surface area contributed by atoms with Gasteiger partial charge in [0, 0.05) is 17.8 Å². The first-order valence-electron chi connectivity index (χ1n) is 7.76. The predicted molar refractivity (Wildman–Crippen MR) is 94.2 cm³/mol. The van der Waals surface area contributed by atoms with Crippen LogP contribution in [0.5, 0.6) is 0 Å². The monoisotopic (exact) mass is 351 g/mol. The third-order valence-electron chi connectivity index (χ3n) is 4.02. The summed E-state index contributed by atoms with van der Waals surface area (Å²) in [5.41, 5.74) is 8.99. The van der Waals surface area contributed by atoms with Crippen LogP contribution in [0, 0.1) is 13.8 Å². The Hall–Kier alpha value is -1.89. The highest BCUT2D eigenvalue weighted by Gasteiger charge is 2.29. The van der Waals surface area contributed by atoms with E-state index in [2.05, 4.69) is 10.3 Å². The standard InChI is InChI=1S/C17H21N3O3.ClH/c1-10-3-4-12(7-14(10)17-19-11(2)9-22-17)20-16(21)15-6-5-13(8-18)23-15;/h3-4,7,9,13,15H,5-6,8,18H2,1-2H3,(H,20,21);1H/t13-,15+;/m1./s1. The molecule has 1 fully saturated rings.